The maximum atomic E-state index is 13.4. The number of carbonyl (C=O) groups excluding carboxylic acids is 2. The van der Waals surface area contributed by atoms with Gasteiger partial charge in [-0.3, -0.25) is 14.5 Å². The molecular weight excluding hydrogens is 394 g/mol. The van der Waals surface area contributed by atoms with Crippen molar-refractivity contribution >= 4 is 39.6 Å². The SMILES string of the molecule is O=C(Nc1cc2ccccc2cc1C(=O)N1CCN(Cc2ccsc2)CC1)C1CC1. The monoisotopic (exact) mass is 419 g/mol. The summed E-state index contributed by atoms with van der Waals surface area (Å²) in [6.07, 6.45) is 1.88. The fraction of sp³-hybridized carbons (Fsp3) is 0.333. The first-order chi connectivity index (χ1) is 14.7. The van der Waals surface area contributed by atoms with Crippen molar-refractivity contribution in [2.24, 2.45) is 5.92 Å². The molecule has 5 nitrogen and oxygen atoms in total. The van der Waals surface area contributed by atoms with E-state index in [1.165, 1.54) is 5.56 Å². The van der Waals surface area contributed by atoms with Crippen molar-refractivity contribution in [2.45, 2.75) is 19.4 Å². The van der Waals surface area contributed by atoms with E-state index in [1.54, 1.807) is 11.3 Å². The van der Waals surface area contributed by atoms with E-state index < -0.39 is 0 Å². The Morgan fingerprint density at radius 1 is 1.00 bits per heavy atom. The Bertz CT molecular complexity index is 1070. The van der Waals surface area contributed by atoms with Gasteiger partial charge in [-0.2, -0.15) is 11.3 Å². The minimum atomic E-state index is 0.00188. The highest BCUT2D eigenvalue weighted by molar-refractivity contribution is 7.07. The van der Waals surface area contributed by atoms with Crippen molar-refractivity contribution in [2.75, 3.05) is 31.5 Å². The Morgan fingerprint density at radius 3 is 2.40 bits per heavy atom. The minimum absolute atomic E-state index is 0.00188. The quantitative estimate of drug-likeness (QED) is 0.674. The number of carbonyl (C=O) groups is 2. The van der Waals surface area contributed by atoms with E-state index in [0.29, 0.717) is 24.3 Å². The van der Waals surface area contributed by atoms with E-state index in [1.807, 2.05) is 41.3 Å². The van der Waals surface area contributed by atoms with Crippen molar-refractivity contribution in [1.29, 1.82) is 0 Å². The van der Waals surface area contributed by atoms with Gasteiger partial charge in [0.1, 0.15) is 0 Å². The summed E-state index contributed by atoms with van der Waals surface area (Å²) in [7, 11) is 0. The summed E-state index contributed by atoms with van der Waals surface area (Å²) >= 11 is 1.72. The zero-order valence-electron chi connectivity index (χ0n) is 16.8. The molecule has 1 saturated carbocycles. The molecule has 2 heterocycles. The van der Waals surface area contributed by atoms with Crippen LogP contribution in [0.5, 0.6) is 0 Å². The molecule has 0 atom stereocenters. The van der Waals surface area contributed by atoms with Crippen molar-refractivity contribution in [1.82, 2.24) is 9.80 Å². The number of benzene rings is 2. The molecule has 5 rings (SSSR count). The molecule has 2 fully saturated rings. The van der Waals surface area contributed by atoms with Gasteiger partial charge in [0, 0.05) is 38.6 Å². The lowest BCUT2D eigenvalue weighted by atomic mass is 10.0. The number of thiophene rings is 1. The average molecular weight is 420 g/mol. The fourth-order valence-corrected chi connectivity index (χ4v) is 4.68. The van der Waals surface area contributed by atoms with Gasteiger partial charge < -0.3 is 10.2 Å². The molecule has 3 aromatic rings. The van der Waals surface area contributed by atoms with Gasteiger partial charge in [-0.05, 0) is 58.1 Å². The van der Waals surface area contributed by atoms with Gasteiger partial charge in [-0.1, -0.05) is 24.3 Å². The number of nitrogens with one attached hydrogen (secondary N) is 1. The first-order valence-corrected chi connectivity index (χ1v) is 11.5. The van der Waals surface area contributed by atoms with Gasteiger partial charge in [0.05, 0.1) is 11.3 Å². The zero-order chi connectivity index (χ0) is 20.5. The molecule has 0 bridgehead atoms. The van der Waals surface area contributed by atoms with Crippen LogP contribution in [0.4, 0.5) is 5.69 Å². The molecular formula is C24H25N3O2S. The predicted molar refractivity (Wildman–Crippen MR) is 121 cm³/mol. The van der Waals surface area contributed by atoms with Crippen LogP contribution in [-0.4, -0.2) is 47.8 Å². The summed E-state index contributed by atoms with van der Waals surface area (Å²) in [5.41, 5.74) is 2.56. The Morgan fingerprint density at radius 2 is 1.73 bits per heavy atom. The lowest BCUT2D eigenvalue weighted by Crippen LogP contribution is -2.48. The molecule has 1 saturated heterocycles. The summed E-state index contributed by atoms with van der Waals surface area (Å²) in [4.78, 5) is 30.1. The number of fused-ring (bicyclic) bond motifs is 1. The summed E-state index contributed by atoms with van der Waals surface area (Å²) in [5.74, 6) is 0.127. The molecule has 1 N–H and O–H groups in total. The number of hydrogen-bond acceptors (Lipinski definition) is 4. The van der Waals surface area contributed by atoms with Gasteiger partial charge in [-0.15, -0.1) is 0 Å². The first-order valence-electron chi connectivity index (χ1n) is 10.5. The second kappa shape index (κ2) is 8.20. The van der Waals surface area contributed by atoms with Gasteiger partial charge in [0.25, 0.3) is 5.91 Å². The van der Waals surface area contributed by atoms with Crippen LogP contribution >= 0.6 is 11.3 Å². The highest BCUT2D eigenvalue weighted by atomic mass is 32.1. The fourth-order valence-electron chi connectivity index (χ4n) is 4.02. The number of rotatable bonds is 5. The zero-order valence-corrected chi connectivity index (χ0v) is 17.7. The summed E-state index contributed by atoms with van der Waals surface area (Å²) in [6, 6.07) is 14.0. The van der Waals surface area contributed by atoms with Gasteiger partial charge >= 0.3 is 0 Å². The number of amides is 2. The summed E-state index contributed by atoms with van der Waals surface area (Å²) in [6.45, 7) is 4.06. The Hall–Kier alpha value is -2.70. The standard InChI is InChI=1S/C24H25N3O2S/c28-23(18-5-6-18)25-22-14-20-4-2-1-3-19(20)13-21(22)24(29)27-10-8-26(9-11-27)15-17-7-12-30-16-17/h1-4,7,12-14,16,18H,5-6,8-11,15H2,(H,25,28). The molecule has 2 aromatic carbocycles. The van der Waals surface area contributed by atoms with Crippen molar-refractivity contribution in [3.63, 3.8) is 0 Å². The van der Waals surface area contributed by atoms with E-state index in [4.69, 9.17) is 0 Å². The normalized spacial score (nSPS) is 17.3. The Balaban J connectivity index is 1.35. The molecule has 0 spiro atoms. The van der Waals surface area contributed by atoms with E-state index in [9.17, 15) is 9.59 Å². The van der Waals surface area contributed by atoms with E-state index in [0.717, 1.165) is 43.2 Å². The van der Waals surface area contributed by atoms with E-state index >= 15 is 0 Å². The molecule has 1 aromatic heterocycles. The molecule has 154 valence electrons. The van der Waals surface area contributed by atoms with Crippen LogP contribution in [0.25, 0.3) is 10.8 Å². The molecule has 1 aliphatic carbocycles. The first kappa shape index (κ1) is 19.3. The number of piperazine rings is 1. The highest BCUT2D eigenvalue weighted by Gasteiger charge is 2.31. The number of hydrogen-bond donors (Lipinski definition) is 1. The molecule has 2 amide bonds. The number of nitrogens with zero attached hydrogens (tertiary/aromatic N) is 2. The van der Waals surface area contributed by atoms with Crippen LogP contribution in [0.3, 0.4) is 0 Å². The summed E-state index contributed by atoms with van der Waals surface area (Å²) < 4.78 is 0. The second-order valence-corrected chi connectivity index (χ2v) is 8.99. The largest absolute Gasteiger partial charge is 0.336 e. The van der Waals surface area contributed by atoms with Crippen LogP contribution in [0.1, 0.15) is 28.8 Å². The van der Waals surface area contributed by atoms with Crippen molar-refractivity contribution in [3.8, 4) is 0 Å². The van der Waals surface area contributed by atoms with Gasteiger partial charge in [0.15, 0.2) is 0 Å². The molecule has 1 aliphatic heterocycles. The third kappa shape index (κ3) is 4.11. The molecule has 2 aliphatic rings. The number of anilines is 1. The minimum Gasteiger partial charge on any atom is -0.336 e. The van der Waals surface area contributed by atoms with E-state index in [-0.39, 0.29) is 17.7 Å². The Labute approximate surface area is 180 Å². The Kier molecular flexibility index (Phi) is 5.27. The smallest absolute Gasteiger partial charge is 0.256 e. The maximum absolute atomic E-state index is 13.4. The van der Waals surface area contributed by atoms with Crippen LogP contribution in [0.15, 0.2) is 53.2 Å². The lowest BCUT2D eigenvalue weighted by Gasteiger charge is -2.35. The average Bonchev–Trinajstić information content (AvgIpc) is 3.51. The molecule has 30 heavy (non-hydrogen) atoms. The molecule has 0 unspecified atom stereocenters. The predicted octanol–water partition coefficient (Wildman–Crippen LogP) is 4.21. The molecule has 6 heteroatoms. The van der Waals surface area contributed by atoms with Crippen molar-refractivity contribution < 1.29 is 9.59 Å². The van der Waals surface area contributed by atoms with Crippen LogP contribution < -0.4 is 5.32 Å². The van der Waals surface area contributed by atoms with Gasteiger partial charge in [0.2, 0.25) is 5.91 Å². The highest BCUT2D eigenvalue weighted by Crippen LogP contribution is 2.32. The van der Waals surface area contributed by atoms with Crippen LogP contribution in [-0.2, 0) is 11.3 Å². The summed E-state index contributed by atoms with van der Waals surface area (Å²) in [5, 5.41) is 9.36. The third-order valence-corrected chi connectivity index (χ3v) is 6.70. The third-order valence-electron chi connectivity index (χ3n) is 5.97. The van der Waals surface area contributed by atoms with Crippen LogP contribution in [0, 0.1) is 5.92 Å². The van der Waals surface area contributed by atoms with E-state index in [2.05, 4.69) is 27.0 Å². The van der Waals surface area contributed by atoms with Gasteiger partial charge in [-0.25, -0.2) is 0 Å². The lowest BCUT2D eigenvalue weighted by molar-refractivity contribution is -0.117. The maximum Gasteiger partial charge on any atom is 0.256 e. The second-order valence-electron chi connectivity index (χ2n) is 8.21. The van der Waals surface area contributed by atoms with Crippen LogP contribution in [0.2, 0.25) is 0 Å². The topological polar surface area (TPSA) is 52.7 Å². The van der Waals surface area contributed by atoms with Crippen molar-refractivity contribution in [3.05, 3.63) is 64.4 Å². The molecule has 0 radical (unpaired) electrons.